The molecule has 0 unspecified atom stereocenters. The normalized spacial score (nSPS) is 10.8. The predicted molar refractivity (Wildman–Crippen MR) is 221 cm³/mol. The van der Waals surface area contributed by atoms with Crippen LogP contribution in [0, 0.1) is 13.8 Å². The molecule has 10 aromatic rings. The number of aryl methyl sites for hydroxylation is 2. The van der Waals surface area contributed by atoms with Gasteiger partial charge in [0.05, 0.1) is 0 Å². The molecule has 10 rings (SSSR count). The molecule has 0 radical (unpaired) electrons. The minimum atomic E-state index is 0. The number of thiophene rings is 2. The molecule has 0 atom stereocenters. The number of rotatable bonds is 4. The first-order chi connectivity index (χ1) is 24.6. The fourth-order valence-electron chi connectivity index (χ4n) is 7.32. The van der Waals surface area contributed by atoms with Crippen LogP contribution >= 0.6 is 22.7 Å². The van der Waals surface area contributed by atoms with E-state index >= 15 is 0 Å². The topological polar surface area (TPSA) is 0 Å². The van der Waals surface area contributed by atoms with Gasteiger partial charge < -0.3 is 24.8 Å². The third kappa shape index (κ3) is 7.52. The van der Waals surface area contributed by atoms with Crippen LogP contribution in [-0.4, -0.2) is 0 Å². The Balaban J connectivity index is 0.000000172. The maximum Gasteiger partial charge on any atom is 4.00 e. The molecule has 5 heteroatoms. The van der Waals surface area contributed by atoms with Crippen LogP contribution in [-0.2, 0) is 26.2 Å². The average molecular weight is 837 g/mol. The van der Waals surface area contributed by atoms with E-state index < -0.39 is 0 Å². The molecule has 0 saturated heterocycles. The summed E-state index contributed by atoms with van der Waals surface area (Å²) in [6.45, 7) is 4.33. The summed E-state index contributed by atoms with van der Waals surface area (Å²) in [5.41, 5.74) is 7.88. The van der Waals surface area contributed by atoms with Crippen LogP contribution in [0.1, 0.15) is 9.75 Å². The molecule has 0 aliphatic carbocycles. The van der Waals surface area contributed by atoms with Crippen LogP contribution in [0.5, 0.6) is 0 Å². The van der Waals surface area contributed by atoms with E-state index in [4.69, 9.17) is 0 Å². The first-order valence-corrected chi connectivity index (χ1v) is 18.7. The van der Waals surface area contributed by atoms with Crippen molar-refractivity contribution in [3.05, 3.63) is 180 Å². The van der Waals surface area contributed by atoms with Gasteiger partial charge in [0.2, 0.25) is 0 Å². The molecular formula is C48H34Cl2S2Zr. The SMILES string of the molecule is Cc1ccc(-c2cc3c(-c4cccc5ccccc45)cccc3[cH-]2)s1.Cc1ccc(-c2cc3c(-c4cccc5ccccc45)cccc3[cH-]2)s1.[Cl-].[Cl-].[Zr+4]. The van der Waals surface area contributed by atoms with Gasteiger partial charge >= 0.3 is 26.2 Å². The summed E-state index contributed by atoms with van der Waals surface area (Å²) in [5.74, 6) is 0. The molecule has 53 heavy (non-hydrogen) atoms. The Morgan fingerprint density at radius 3 is 1.13 bits per heavy atom. The minimum absolute atomic E-state index is 0. The minimum Gasteiger partial charge on any atom is -1.00 e. The number of benzene rings is 6. The zero-order valence-corrected chi connectivity index (χ0v) is 34.8. The van der Waals surface area contributed by atoms with Crippen molar-refractivity contribution in [1.29, 1.82) is 0 Å². The monoisotopic (exact) mass is 834 g/mol. The van der Waals surface area contributed by atoms with E-state index in [1.165, 1.54) is 96.0 Å². The van der Waals surface area contributed by atoms with Crippen molar-refractivity contribution in [3.8, 4) is 43.1 Å². The summed E-state index contributed by atoms with van der Waals surface area (Å²) in [7, 11) is 0. The molecule has 0 N–H and O–H groups in total. The largest absolute Gasteiger partial charge is 4.00 e. The summed E-state index contributed by atoms with van der Waals surface area (Å²) in [6, 6.07) is 61.8. The summed E-state index contributed by atoms with van der Waals surface area (Å²) in [6.07, 6.45) is 0. The van der Waals surface area contributed by atoms with Crippen LogP contribution in [0.4, 0.5) is 0 Å². The summed E-state index contributed by atoms with van der Waals surface area (Å²) >= 11 is 3.72. The summed E-state index contributed by atoms with van der Waals surface area (Å²) in [4.78, 5) is 5.40. The van der Waals surface area contributed by atoms with Crippen molar-refractivity contribution in [2.45, 2.75) is 13.8 Å². The second-order valence-corrected chi connectivity index (χ2v) is 15.6. The van der Waals surface area contributed by atoms with Crippen molar-refractivity contribution in [2.75, 3.05) is 0 Å². The van der Waals surface area contributed by atoms with Crippen LogP contribution in [0.15, 0.2) is 170 Å². The molecule has 2 aromatic heterocycles. The fourth-order valence-corrected chi connectivity index (χ4v) is 9.03. The van der Waals surface area contributed by atoms with Crippen molar-refractivity contribution < 1.29 is 51.0 Å². The van der Waals surface area contributed by atoms with E-state index in [1.807, 2.05) is 22.7 Å². The van der Waals surface area contributed by atoms with Gasteiger partial charge in [-0.3, -0.25) is 0 Å². The summed E-state index contributed by atoms with van der Waals surface area (Å²) < 4.78 is 0. The van der Waals surface area contributed by atoms with Crippen LogP contribution < -0.4 is 24.8 Å². The number of fused-ring (bicyclic) bond motifs is 4. The Kier molecular flexibility index (Phi) is 12.0. The molecule has 0 amide bonds. The molecule has 0 aliphatic heterocycles. The van der Waals surface area contributed by atoms with Crippen molar-refractivity contribution in [3.63, 3.8) is 0 Å². The quantitative estimate of drug-likeness (QED) is 0.156. The maximum atomic E-state index is 2.34. The van der Waals surface area contributed by atoms with E-state index in [-0.39, 0.29) is 51.0 Å². The number of hydrogen-bond donors (Lipinski definition) is 0. The number of halogens is 2. The smallest absolute Gasteiger partial charge is 1.00 e. The first kappa shape index (κ1) is 38.6. The van der Waals surface area contributed by atoms with Gasteiger partial charge in [-0.15, -0.1) is 69.1 Å². The third-order valence-corrected chi connectivity index (χ3v) is 11.8. The molecule has 0 nitrogen and oxygen atoms in total. The van der Waals surface area contributed by atoms with Crippen LogP contribution in [0.3, 0.4) is 0 Å². The Labute approximate surface area is 350 Å². The molecule has 2 heterocycles. The van der Waals surface area contributed by atoms with Gasteiger partial charge in [0.1, 0.15) is 0 Å². The van der Waals surface area contributed by atoms with Crippen molar-refractivity contribution in [2.24, 2.45) is 0 Å². The Bertz CT molecular complexity index is 2610. The van der Waals surface area contributed by atoms with Gasteiger partial charge in [0.15, 0.2) is 0 Å². The van der Waals surface area contributed by atoms with Gasteiger partial charge in [-0.05, 0) is 66.0 Å². The molecule has 0 aliphatic rings. The van der Waals surface area contributed by atoms with Crippen molar-refractivity contribution >= 4 is 65.8 Å². The fraction of sp³-hybridized carbons (Fsp3) is 0.0417. The van der Waals surface area contributed by atoms with Crippen LogP contribution in [0.25, 0.3) is 86.2 Å². The molecular weight excluding hydrogens is 803 g/mol. The Hall–Kier alpha value is -4.08. The maximum absolute atomic E-state index is 2.34. The van der Waals surface area contributed by atoms with E-state index in [0.29, 0.717) is 0 Å². The van der Waals surface area contributed by atoms with E-state index in [0.717, 1.165) is 0 Å². The standard InChI is InChI=1S/2C24H17S.2ClH.Zr/c2*1-16-12-13-24(25-16)19-14-18-8-5-11-22(23(18)15-19)21-10-4-7-17-6-2-3-9-20(17)21;;;/h2*2-15H,1H3;2*1H;/q2*-1;;;+4/p-2. The second kappa shape index (κ2) is 16.5. The molecule has 0 bridgehead atoms. The first-order valence-electron chi connectivity index (χ1n) is 17.1. The van der Waals surface area contributed by atoms with Gasteiger partial charge in [0, 0.05) is 0 Å². The van der Waals surface area contributed by atoms with Gasteiger partial charge in [0.25, 0.3) is 0 Å². The van der Waals surface area contributed by atoms with E-state index in [9.17, 15) is 0 Å². The van der Waals surface area contributed by atoms with Gasteiger partial charge in [-0.1, -0.05) is 145 Å². The van der Waals surface area contributed by atoms with Crippen LogP contribution in [0.2, 0.25) is 0 Å². The molecule has 0 fully saturated rings. The van der Waals surface area contributed by atoms with Gasteiger partial charge in [-0.25, -0.2) is 0 Å². The number of hydrogen-bond acceptors (Lipinski definition) is 2. The zero-order chi connectivity index (χ0) is 33.6. The molecule has 256 valence electrons. The Morgan fingerprint density at radius 1 is 0.377 bits per heavy atom. The van der Waals surface area contributed by atoms with E-state index in [1.54, 1.807) is 0 Å². The van der Waals surface area contributed by atoms with Crippen molar-refractivity contribution in [1.82, 2.24) is 0 Å². The molecule has 0 saturated carbocycles. The third-order valence-electron chi connectivity index (χ3n) is 9.71. The Morgan fingerprint density at radius 2 is 0.736 bits per heavy atom. The molecule has 0 spiro atoms. The summed E-state index contributed by atoms with van der Waals surface area (Å²) in [5, 5.41) is 10.5. The average Bonchev–Trinajstić information content (AvgIpc) is 3.97. The van der Waals surface area contributed by atoms with Gasteiger partial charge in [-0.2, -0.15) is 22.7 Å². The zero-order valence-electron chi connectivity index (χ0n) is 29.2. The predicted octanol–water partition coefficient (Wildman–Crippen LogP) is 8.84. The second-order valence-electron chi connectivity index (χ2n) is 13.0. The molecule has 8 aromatic carbocycles. The van der Waals surface area contributed by atoms with E-state index in [2.05, 4.69) is 184 Å².